The fourth-order valence-corrected chi connectivity index (χ4v) is 3.79. The first kappa shape index (κ1) is 17.4. The second kappa shape index (κ2) is 7.19. The Morgan fingerprint density at radius 1 is 1.24 bits per heavy atom. The van der Waals surface area contributed by atoms with Gasteiger partial charge in [-0.15, -0.1) is 11.3 Å². The molecule has 1 unspecified atom stereocenters. The zero-order valence-corrected chi connectivity index (χ0v) is 14.6. The number of ketones is 1. The van der Waals surface area contributed by atoms with Gasteiger partial charge < -0.3 is 10.0 Å². The molecule has 130 valence electrons. The van der Waals surface area contributed by atoms with E-state index in [1.165, 1.54) is 40.5 Å². The van der Waals surface area contributed by atoms with Crippen molar-refractivity contribution in [2.45, 2.75) is 25.8 Å². The van der Waals surface area contributed by atoms with Gasteiger partial charge in [-0.05, 0) is 42.1 Å². The van der Waals surface area contributed by atoms with Gasteiger partial charge in [-0.2, -0.15) is 0 Å². The van der Waals surface area contributed by atoms with E-state index in [2.05, 4.69) is 0 Å². The van der Waals surface area contributed by atoms with Crippen LogP contribution in [0.2, 0.25) is 0 Å². The maximum atomic E-state index is 13.1. The Bertz CT molecular complexity index is 812. The highest BCUT2D eigenvalue weighted by molar-refractivity contribution is 7.10. The van der Waals surface area contributed by atoms with Gasteiger partial charge in [-0.1, -0.05) is 19.4 Å². The number of carbonyl (C=O) groups excluding carboxylic acids is 2. The average Bonchev–Trinajstić information content (AvgIpc) is 3.21. The van der Waals surface area contributed by atoms with Crippen molar-refractivity contribution in [3.8, 4) is 0 Å². The van der Waals surface area contributed by atoms with Crippen LogP contribution in [0.4, 0.5) is 4.39 Å². The Hall–Kier alpha value is -2.47. The van der Waals surface area contributed by atoms with Crippen LogP contribution in [-0.4, -0.2) is 28.2 Å². The van der Waals surface area contributed by atoms with Crippen LogP contribution < -0.4 is 0 Å². The third-order valence-corrected chi connectivity index (χ3v) is 5.15. The lowest BCUT2D eigenvalue weighted by Gasteiger charge is -2.23. The highest BCUT2D eigenvalue weighted by atomic mass is 32.1. The van der Waals surface area contributed by atoms with Crippen LogP contribution in [0.25, 0.3) is 5.76 Å². The maximum Gasteiger partial charge on any atom is 0.295 e. The van der Waals surface area contributed by atoms with Crippen LogP contribution >= 0.6 is 11.3 Å². The zero-order chi connectivity index (χ0) is 18.0. The molecule has 2 heterocycles. The van der Waals surface area contributed by atoms with Gasteiger partial charge in [0.1, 0.15) is 11.6 Å². The lowest BCUT2D eigenvalue weighted by molar-refractivity contribution is -0.139. The van der Waals surface area contributed by atoms with Crippen LogP contribution in [0.3, 0.4) is 0 Å². The number of amides is 1. The molecule has 1 fully saturated rings. The molecule has 0 saturated carbocycles. The third kappa shape index (κ3) is 3.22. The van der Waals surface area contributed by atoms with Gasteiger partial charge in [0.2, 0.25) is 0 Å². The predicted octanol–water partition coefficient (Wildman–Crippen LogP) is 4.11. The molecule has 0 spiro atoms. The van der Waals surface area contributed by atoms with E-state index in [0.29, 0.717) is 12.1 Å². The number of aliphatic hydroxyl groups excluding tert-OH is 1. The molecule has 1 atom stereocenters. The van der Waals surface area contributed by atoms with Gasteiger partial charge >= 0.3 is 0 Å². The van der Waals surface area contributed by atoms with E-state index in [1.807, 2.05) is 24.4 Å². The number of likely N-dealkylation sites (tertiary alicyclic amines) is 1. The summed E-state index contributed by atoms with van der Waals surface area (Å²) < 4.78 is 13.1. The summed E-state index contributed by atoms with van der Waals surface area (Å²) in [6.07, 6.45) is 1.66. The fourth-order valence-electron chi connectivity index (χ4n) is 2.95. The van der Waals surface area contributed by atoms with Crippen LogP contribution in [0, 0.1) is 5.82 Å². The number of benzene rings is 1. The predicted molar refractivity (Wildman–Crippen MR) is 94.6 cm³/mol. The minimum atomic E-state index is -0.698. The number of unbranched alkanes of at least 4 members (excludes halogenated alkanes) is 1. The molecule has 1 saturated heterocycles. The quantitative estimate of drug-likeness (QED) is 0.497. The van der Waals surface area contributed by atoms with Crippen molar-refractivity contribution in [3.05, 3.63) is 63.6 Å². The molecule has 25 heavy (non-hydrogen) atoms. The van der Waals surface area contributed by atoms with Crippen molar-refractivity contribution in [2.75, 3.05) is 6.54 Å². The molecule has 1 aromatic carbocycles. The van der Waals surface area contributed by atoms with Crippen molar-refractivity contribution in [1.82, 2.24) is 4.90 Å². The van der Waals surface area contributed by atoms with E-state index in [4.69, 9.17) is 0 Å². The monoisotopic (exact) mass is 359 g/mol. The Balaban J connectivity index is 2.11. The van der Waals surface area contributed by atoms with Crippen molar-refractivity contribution in [3.63, 3.8) is 0 Å². The van der Waals surface area contributed by atoms with E-state index < -0.39 is 23.5 Å². The van der Waals surface area contributed by atoms with Crippen LogP contribution in [-0.2, 0) is 9.59 Å². The minimum absolute atomic E-state index is 0.0650. The van der Waals surface area contributed by atoms with Crippen molar-refractivity contribution >= 4 is 28.8 Å². The molecular formula is C19H18FNO3S. The SMILES string of the molecule is CCCCN1C(=O)C(=O)/C(=C(\O)c2ccc(F)cc2)C1c1cccs1. The number of Topliss-reactive ketones (excluding diaryl/α,β-unsaturated/α-hetero) is 1. The number of hydrogen-bond donors (Lipinski definition) is 1. The number of nitrogens with zero attached hydrogens (tertiary/aromatic N) is 1. The Labute approximate surface area is 149 Å². The van der Waals surface area contributed by atoms with E-state index in [0.717, 1.165) is 17.7 Å². The average molecular weight is 359 g/mol. The van der Waals surface area contributed by atoms with E-state index in [-0.39, 0.29) is 11.3 Å². The van der Waals surface area contributed by atoms with Gasteiger partial charge in [-0.25, -0.2) is 4.39 Å². The van der Waals surface area contributed by atoms with Gasteiger partial charge in [0.15, 0.2) is 0 Å². The number of halogens is 1. The first-order valence-electron chi connectivity index (χ1n) is 8.12. The number of rotatable bonds is 5. The third-order valence-electron chi connectivity index (χ3n) is 4.22. The molecule has 0 radical (unpaired) electrons. The molecular weight excluding hydrogens is 341 g/mol. The second-order valence-corrected chi connectivity index (χ2v) is 6.85. The first-order chi connectivity index (χ1) is 12.0. The lowest BCUT2D eigenvalue weighted by atomic mass is 10.00. The highest BCUT2D eigenvalue weighted by Gasteiger charge is 2.46. The molecule has 6 heteroatoms. The number of aliphatic hydroxyl groups is 1. The molecule has 3 rings (SSSR count). The Morgan fingerprint density at radius 2 is 1.96 bits per heavy atom. The highest BCUT2D eigenvalue weighted by Crippen LogP contribution is 2.41. The van der Waals surface area contributed by atoms with Crippen molar-refractivity contribution in [1.29, 1.82) is 0 Å². The zero-order valence-electron chi connectivity index (χ0n) is 13.7. The summed E-state index contributed by atoms with van der Waals surface area (Å²) in [5.41, 5.74) is 0.381. The standard InChI is InChI=1S/C19H18FNO3S/c1-2-3-10-21-16(14-5-4-11-25-14)15(18(23)19(21)24)17(22)12-6-8-13(20)9-7-12/h4-9,11,16,22H,2-3,10H2,1H3/b17-15-. The molecule has 2 aromatic rings. The van der Waals surface area contributed by atoms with E-state index >= 15 is 0 Å². The lowest BCUT2D eigenvalue weighted by Crippen LogP contribution is -2.30. The van der Waals surface area contributed by atoms with Crippen LogP contribution in [0.5, 0.6) is 0 Å². The molecule has 0 bridgehead atoms. The molecule has 0 aliphatic carbocycles. The summed E-state index contributed by atoms with van der Waals surface area (Å²) in [5.74, 6) is -2.00. The maximum absolute atomic E-state index is 13.1. The summed E-state index contributed by atoms with van der Waals surface area (Å²) in [4.78, 5) is 27.4. The summed E-state index contributed by atoms with van der Waals surface area (Å²) in [5, 5.41) is 12.5. The second-order valence-electron chi connectivity index (χ2n) is 5.87. The molecule has 4 nitrogen and oxygen atoms in total. The first-order valence-corrected chi connectivity index (χ1v) is 9.00. The molecule has 1 aromatic heterocycles. The normalized spacial score (nSPS) is 19.6. The van der Waals surface area contributed by atoms with Gasteiger partial charge in [0.25, 0.3) is 11.7 Å². The van der Waals surface area contributed by atoms with Gasteiger partial charge in [0.05, 0.1) is 11.6 Å². The summed E-state index contributed by atoms with van der Waals surface area (Å²) in [6.45, 7) is 2.46. The molecule has 1 N–H and O–H groups in total. The topological polar surface area (TPSA) is 57.6 Å². The van der Waals surface area contributed by atoms with Gasteiger partial charge in [0, 0.05) is 17.0 Å². The summed E-state index contributed by atoms with van der Waals surface area (Å²) >= 11 is 1.43. The number of hydrogen-bond acceptors (Lipinski definition) is 4. The van der Waals surface area contributed by atoms with E-state index in [9.17, 15) is 19.1 Å². The van der Waals surface area contributed by atoms with Crippen molar-refractivity contribution in [2.24, 2.45) is 0 Å². The van der Waals surface area contributed by atoms with Crippen molar-refractivity contribution < 1.29 is 19.1 Å². The molecule has 1 amide bonds. The fraction of sp³-hybridized carbons (Fsp3) is 0.263. The smallest absolute Gasteiger partial charge is 0.295 e. The summed E-state index contributed by atoms with van der Waals surface area (Å²) in [7, 11) is 0. The largest absolute Gasteiger partial charge is 0.507 e. The van der Waals surface area contributed by atoms with Crippen LogP contribution in [0.1, 0.15) is 36.2 Å². The number of thiophene rings is 1. The Kier molecular flexibility index (Phi) is 4.99. The molecule has 1 aliphatic heterocycles. The Morgan fingerprint density at radius 3 is 2.56 bits per heavy atom. The molecule has 1 aliphatic rings. The minimum Gasteiger partial charge on any atom is -0.507 e. The number of carbonyl (C=O) groups is 2. The van der Waals surface area contributed by atoms with Gasteiger partial charge in [-0.3, -0.25) is 9.59 Å². The van der Waals surface area contributed by atoms with Crippen LogP contribution in [0.15, 0.2) is 47.4 Å². The van der Waals surface area contributed by atoms with E-state index in [1.54, 1.807) is 0 Å². The summed E-state index contributed by atoms with van der Waals surface area (Å²) in [6, 6.07) is 8.31.